The molecule has 1 aromatic carbocycles. The summed E-state index contributed by atoms with van der Waals surface area (Å²) in [5, 5.41) is 19.3. The lowest BCUT2D eigenvalue weighted by molar-refractivity contribution is -0.384. The van der Waals surface area contributed by atoms with Crippen LogP contribution in [0, 0.1) is 17.0 Å². The number of nitro groups is 1. The molecular formula is C8H10N2O3. The Morgan fingerprint density at radius 2 is 2.23 bits per heavy atom. The number of aliphatic hydroxyl groups excluding tert-OH is 1. The van der Waals surface area contributed by atoms with Gasteiger partial charge in [0.25, 0.3) is 5.69 Å². The first kappa shape index (κ1) is 9.47. The second kappa shape index (κ2) is 3.40. The summed E-state index contributed by atoms with van der Waals surface area (Å²) >= 11 is 0. The molecule has 1 rings (SSSR count). The van der Waals surface area contributed by atoms with Gasteiger partial charge in [0.1, 0.15) is 5.69 Å². The van der Waals surface area contributed by atoms with Gasteiger partial charge in [-0.3, -0.25) is 10.1 Å². The lowest BCUT2D eigenvalue weighted by Crippen LogP contribution is -1.99. The lowest BCUT2D eigenvalue weighted by Gasteiger charge is -2.03. The van der Waals surface area contributed by atoms with Gasteiger partial charge in [-0.15, -0.1) is 0 Å². The number of nitrogens with zero attached hydrogens (tertiary/aromatic N) is 1. The lowest BCUT2D eigenvalue weighted by atomic mass is 10.1. The molecule has 0 aliphatic rings. The fourth-order valence-corrected chi connectivity index (χ4v) is 1.10. The van der Waals surface area contributed by atoms with Crippen LogP contribution in [-0.2, 0) is 6.61 Å². The molecule has 1 aromatic rings. The smallest absolute Gasteiger partial charge is 0.292 e. The van der Waals surface area contributed by atoms with Crippen molar-refractivity contribution < 1.29 is 10.0 Å². The minimum absolute atomic E-state index is 0.149. The van der Waals surface area contributed by atoms with E-state index in [1.807, 2.05) is 0 Å². The van der Waals surface area contributed by atoms with E-state index in [4.69, 9.17) is 10.8 Å². The van der Waals surface area contributed by atoms with Gasteiger partial charge in [0.15, 0.2) is 0 Å². The first-order valence-corrected chi connectivity index (χ1v) is 3.70. The van der Waals surface area contributed by atoms with Crippen molar-refractivity contribution in [2.75, 3.05) is 5.73 Å². The summed E-state index contributed by atoms with van der Waals surface area (Å²) in [7, 11) is 0. The minimum Gasteiger partial charge on any atom is -0.393 e. The summed E-state index contributed by atoms with van der Waals surface area (Å²) in [5.74, 6) is 0. The van der Waals surface area contributed by atoms with Crippen LogP contribution in [0.15, 0.2) is 12.1 Å². The predicted octanol–water partition coefficient (Wildman–Crippen LogP) is 0.978. The number of anilines is 1. The minimum atomic E-state index is -0.554. The van der Waals surface area contributed by atoms with Crippen molar-refractivity contribution in [3.63, 3.8) is 0 Å². The van der Waals surface area contributed by atoms with Gasteiger partial charge >= 0.3 is 0 Å². The second-order valence-corrected chi connectivity index (χ2v) is 2.76. The molecule has 0 radical (unpaired) electrons. The molecule has 0 unspecified atom stereocenters. The Morgan fingerprint density at radius 1 is 1.62 bits per heavy atom. The van der Waals surface area contributed by atoms with Gasteiger partial charge in [-0.05, 0) is 18.1 Å². The zero-order valence-electron chi connectivity index (χ0n) is 7.15. The summed E-state index contributed by atoms with van der Waals surface area (Å²) in [5.41, 5.74) is 6.60. The molecule has 0 aromatic heterocycles. The van der Waals surface area contributed by atoms with Crippen molar-refractivity contribution in [1.82, 2.24) is 0 Å². The first-order chi connectivity index (χ1) is 6.06. The van der Waals surface area contributed by atoms with E-state index in [0.717, 1.165) is 0 Å². The summed E-state index contributed by atoms with van der Waals surface area (Å²) in [4.78, 5) is 9.93. The third-order valence-corrected chi connectivity index (χ3v) is 1.80. The molecule has 0 amide bonds. The van der Waals surface area contributed by atoms with E-state index >= 15 is 0 Å². The first-order valence-electron chi connectivity index (χ1n) is 3.70. The van der Waals surface area contributed by atoms with E-state index in [-0.39, 0.29) is 18.0 Å². The topological polar surface area (TPSA) is 89.4 Å². The summed E-state index contributed by atoms with van der Waals surface area (Å²) in [6.45, 7) is 1.45. The molecule has 0 saturated heterocycles. The Hall–Kier alpha value is -1.62. The highest BCUT2D eigenvalue weighted by atomic mass is 16.6. The number of rotatable bonds is 2. The highest BCUT2D eigenvalue weighted by Crippen LogP contribution is 2.26. The Morgan fingerprint density at radius 3 is 2.69 bits per heavy atom. The molecule has 5 heteroatoms. The monoisotopic (exact) mass is 182 g/mol. The molecule has 0 bridgehead atoms. The van der Waals surface area contributed by atoms with Crippen molar-refractivity contribution in [2.45, 2.75) is 13.5 Å². The van der Waals surface area contributed by atoms with Crippen LogP contribution < -0.4 is 5.73 Å². The maximum Gasteiger partial charge on any atom is 0.292 e. The van der Waals surface area contributed by atoms with Gasteiger partial charge in [0, 0.05) is 6.07 Å². The number of nitrogen functional groups attached to an aromatic ring is 1. The van der Waals surface area contributed by atoms with Crippen LogP contribution in [0.5, 0.6) is 0 Å². The molecule has 5 nitrogen and oxygen atoms in total. The van der Waals surface area contributed by atoms with Gasteiger partial charge in [0.05, 0.1) is 11.5 Å². The maximum atomic E-state index is 10.5. The SMILES string of the molecule is Cc1cc(CO)cc([N+](=O)[O-])c1N. The molecule has 0 fully saturated rings. The number of hydrogen-bond donors (Lipinski definition) is 2. The van der Waals surface area contributed by atoms with Crippen LogP contribution in [0.25, 0.3) is 0 Å². The van der Waals surface area contributed by atoms with Gasteiger partial charge in [-0.2, -0.15) is 0 Å². The summed E-state index contributed by atoms with van der Waals surface area (Å²) < 4.78 is 0. The fourth-order valence-electron chi connectivity index (χ4n) is 1.10. The van der Waals surface area contributed by atoms with Crippen LogP contribution in [0.3, 0.4) is 0 Å². The Labute approximate surface area is 74.9 Å². The Balaban J connectivity index is 3.33. The van der Waals surface area contributed by atoms with E-state index in [1.54, 1.807) is 13.0 Å². The number of aliphatic hydroxyl groups is 1. The van der Waals surface area contributed by atoms with Gasteiger partial charge in [-0.25, -0.2) is 0 Å². The van der Waals surface area contributed by atoms with Crippen molar-refractivity contribution in [3.05, 3.63) is 33.4 Å². The standard InChI is InChI=1S/C8H10N2O3/c1-5-2-6(4-11)3-7(8(5)9)10(12)13/h2-3,11H,4,9H2,1H3. The molecule has 3 N–H and O–H groups in total. The summed E-state index contributed by atoms with van der Waals surface area (Å²) in [6, 6.07) is 2.91. The number of aryl methyl sites for hydroxylation is 1. The Kier molecular flexibility index (Phi) is 2.48. The van der Waals surface area contributed by atoms with Crippen molar-refractivity contribution in [1.29, 1.82) is 0 Å². The zero-order chi connectivity index (χ0) is 10.0. The van der Waals surface area contributed by atoms with E-state index in [0.29, 0.717) is 11.1 Å². The van der Waals surface area contributed by atoms with Crippen LogP contribution in [0.2, 0.25) is 0 Å². The summed E-state index contributed by atoms with van der Waals surface area (Å²) in [6.07, 6.45) is 0. The molecule has 70 valence electrons. The average Bonchev–Trinajstić information content (AvgIpc) is 2.09. The van der Waals surface area contributed by atoms with E-state index in [2.05, 4.69) is 0 Å². The molecule has 13 heavy (non-hydrogen) atoms. The Bertz CT molecular complexity index is 349. The fraction of sp³-hybridized carbons (Fsp3) is 0.250. The third kappa shape index (κ3) is 1.75. The van der Waals surface area contributed by atoms with Crippen molar-refractivity contribution in [3.8, 4) is 0 Å². The van der Waals surface area contributed by atoms with Gasteiger partial charge in [0.2, 0.25) is 0 Å². The second-order valence-electron chi connectivity index (χ2n) is 2.76. The quantitative estimate of drug-likeness (QED) is 0.405. The van der Waals surface area contributed by atoms with Gasteiger partial charge in [-0.1, -0.05) is 6.07 Å². The van der Waals surface area contributed by atoms with Crippen molar-refractivity contribution >= 4 is 11.4 Å². The van der Waals surface area contributed by atoms with E-state index in [9.17, 15) is 10.1 Å². The zero-order valence-corrected chi connectivity index (χ0v) is 7.15. The predicted molar refractivity (Wildman–Crippen MR) is 48.2 cm³/mol. The van der Waals surface area contributed by atoms with Crippen LogP contribution in [0.4, 0.5) is 11.4 Å². The highest BCUT2D eigenvalue weighted by Gasteiger charge is 2.14. The van der Waals surface area contributed by atoms with Crippen molar-refractivity contribution in [2.24, 2.45) is 0 Å². The highest BCUT2D eigenvalue weighted by molar-refractivity contribution is 5.64. The number of nitrogens with two attached hydrogens (primary N) is 1. The van der Waals surface area contributed by atoms with Crippen LogP contribution >= 0.6 is 0 Å². The molecular weight excluding hydrogens is 172 g/mol. The molecule has 0 heterocycles. The maximum absolute atomic E-state index is 10.5. The number of benzene rings is 1. The average molecular weight is 182 g/mol. The van der Waals surface area contributed by atoms with Gasteiger partial charge < -0.3 is 10.8 Å². The molecule has 0 atom stereocenters. The molecule has 0 saturated carbocycles. The number of nitro benzene ring substituents is 1. The molecule has 0 aliphatic heterocycles. The largest absolute Gasteiger partial charge is 0.393 e. The number of hydrogen-bond acceptors (Lipinski definition) is 4. The van der Waals surface area contributed by atoms with Crippen LogP contribution in [0.1, 0.15) is 11.1 Å². The normalized spacial score (nSPS) is 10.0. The third-order valence-electron chi connectivity index (χ3n) is 1.80. The molecule has 0 spiro atoms. The molecule has 0 aliphatic carbocycles. The van der Waals surface area contributed by atoms with E-state index < -0.39 is 4.92 Å². The van der Waals surface area contributed by atoms with E-state index in [1.165, 1.54) is 6.07 Å². The van der Waals surface area contributed by atoms with Crippen LogP contribution in [-0.4, -0.2) is 10.0 Å².